The van der Waals surface area contributed by atoms with E-state index in [4.69, 9.17) is 10.5 Å². The van der Waals surface area contributed by atoms with E-state index >= 15 is 0 Å². The number of hydrogen-bond acceptors (Lipinski definition) is 3. The van der Waals surface area contributed by atoms with Crippen molar-refractivity contribution in [2.45, 2.75) is 44.7 Å². The summed E-state index contributed by atoms with van der Waals surface area (Å²) >= 11 is 0. The highest BCUT2D eigenvalue weighted by Crippen LogP contribution is 2.25. The molecule has 1 fully saturated rings. The molecule has 1 aliphatic rings. The zero-order valence-electron chi connectivity index (χ0n) is 11.9. The van der Waals surface area contributed by atoms with Gasteiger partial charge in [0.1, 0.15) is 11.6 Å². The van der Waals surface area contributed by atoms with Gasteiger partial charge in [-0.05, 0) is 38.3 Å². The summed E-state index contributed by atoms with van der Waals surface area (Å²) in [6.45, 7) is 3.95. The van der Waals surface area contributed by atoms with E-state index in [2.05, 4.69) is 5.32 Å². The Morgan fingerprint density at radius 3 is 2.85 bits per heavy atom. The number of nitrogens with two attached hydrogens (primary N) is 1. The van der Waals surface area contributed by atoms with Gasteiger partial charge in [0.05, 0.1) is 12.1 Å². The zero-order valence-corrected chi connectivity index (χ0v) is 11.9. The highest BCUT2D eigenvalue weighted by atomic mass is 19.1. The molecule has 0 bridgehead atoms. The number of rotatable bonds is 7. The maximum Gasteiger partial charge on any atom is 0.237 e. The molecule has 0 radical (unpaired) electrons. The van der Waals surface area contributed by atoms with Crippen LogP contribution >= 0.6 is 0 Å². The second kappa shape index (κ2) is 5.79. The number of benzene rings is 1. The van der Waals surface area contributed by atoms with Gasteiger partial charge in [0, 0.05) is 18.5 Å². The number of carbonyl (C=O) groups is 1. The second-order valence-electron chi connectivity index (χ2n) is 5.62. The number of amides is 1. The molecular weight excluding hydrogens is 259 g/mol. The Kier molecular flexibility index (Phi) is 4.28. The lowest BCUT2D eigenvalue weighted by Gasteiger charge is -2.27. The standard InChI is InChI=1S/C15H21FN2O2/c1-10-3-4-11(16)9-13(10)20-8-7-15(2,14(17)19)18-12-5-6-12/h3-4,9,12,18H,5-8H2,1-2H3,(H2,17,19). The van der Waals surface area contributed by atoms with Crippen molar-refractivity contribution in [1.29, 1.82) is 0 Å². The van der Waals surface area contributed by atoms with Gasteiger partial charge in [-0.1, -0.05) is 6.07 Å². The minimum absolute atomic E-state index is 0.309. The number of carbonyl (C=O) groups excluding carboxylic acids is 1. The third-order valence-corrected chi connectivity index (χ3v) is 3.65. The van der Waals surface area contributed by atoms with Gasteiger partial charge in [0.2, 0.25) is 5.91 Å². The Balaban J connectivity index is 1.92. The Labute approximate surface area is 118 Å². The Morgan fingerprint density at radius 1 is 1.55 bits per heavy atom. The van der Waals surface area contributed by atoms with Crippen LogP contribution < -0.4 is 15.8 Å². The van der Waals surface area contributed by atoms with Gasteiger partial charge < -0.3 is 15.8 Å². The third-order valence-electron chi connectivity index (χ3n) is 3.65. The van der Waals surface area contributed by atoms with Crippen LogP contribution in [0.3, 0.4) is 0 Å². The summed E-state index contributed by atoms with van der Waals surface area (Å²) in [6, 6.07) is 4.79. The van der Waals surface area contributed by atoms with Gasteiger partial charge in [-0.2, -0.15) is 0 Å². The van der Waals surface area contributed by atoms with E-state index in [9.17, 15) is 9.18 Å². The molecule has 1 amide bonds. The Morgan fingerprint density at radius 2 is 2.25 bits per heavy atom. The SMILES string of the molecule is Cc1ccc(F)cc1OCCC(C)(NC1CC1)C(N)=O. The number of nitrogens with one attached hydrogen (secondary N) is 1. The molecule has 0 aliphatic heterocycles. The molecule has 1 aliphatic carbocycles. The van der Waals surface area contributed by atoms with Gasteiger partial charge in [0.25, 0.3) is 0 Å². The fourth-order valence-corrected chi connectivity index (χ4v) is 2.04. The average molecular weight is 280 g/mol. The van der Waals surface area contributed by atoms with Crippen molar-refractivity contribution in [2.24, 2.45) is 5.73 Å². The highest BCUT2D eigenvalue weighted by Gasteiger charge is 2.36. The molecule has 5 heteroatoms. The molecule has 0 heterocycles. The number of aryl methyl sites for hydroxylation is 1. The van der Waals surface area contributed by atoms with Crippen LogP contribution in [0.15, 0.2) is 18.2 Å². The summed E-state index contributed by atoms with van der Waals surface area (Å²) in [5.41, 5.74) is 5.55. The van der Waals surface area contributed by atoms with Gasteiger partial charge >= 0.3 is 0 Å². The molecule has 0 aromatic heterocycles. The minimum atomic E-state index is -0.775. The highest BCUT2D eigenvalue weighted by molar-refractivity contribution is 5.84. The molecule has 1 atom stereocenters. The van der Waals surface area contributed by atoms with Crippen LogP contribution in [0.5, 0.6) is 5.75 Å². The van der Waals surface area contributed by atoms with Crippen LogP contribution in [0.1, 0.15) is 31.7 Å². The molecular formula is C15H21FN2O2. The van der Waals surface area contributed by atoms with Gasteiger partial charge in [-0.25, -0.2) is 4.39 Å². The molecule has 2 rings (SSSR count). The monoisotopic (exact) mass is 280 g/mol. The fourth-order valence-electron chi connectivity index (χ4n) is 2.04. The topological polar surface area (TPSA) is 64.3 Å². The molecule has 20 heavy (non-hydrogen) atoms. The smallest absolute Gasteiger partial charge is 0.237 e. The predicted octanol–water partition coefficient (Wildman–Crippen LogP) is 1.90. The van der Waals surface area contributed by atoms with E-state index in [1.54, 1.807) is 13.0 Å². The number of primary amides is 1. The lowest BCUT2D eigenvalue weighted by molar-refractivity contribution is -0.124. The summed E-state index contributed by atoms with van der Waals surface area (Å²) in [4.78, 5) is 11.6. The van der Waals surface area contributed by atoms with E-state index in [0.29, 0.717) is 24.8 Å². The molecule has 1 unspecified atom stereocenters. The lowest BCUT2D eigenvalue weighted by atomic mass is 9.97. The van der Waals surface area contributed by atoms with E-state index in [1.165, 1.54) is 12.1 Å². The van der Waals surface area contributed by atoms with Crippen LogP contribution in [0.2, 0.25) is 0 Å². The van der Waals surface area contributed by atoms with Crippen molar-refractivity contribution in [3.8, 4) is 5.75 Å². The maximum absolute atomic E-state index is 13.2. The maximum atomic E-state index is 13.2. The summed E-state index contributed by atoms with van der Waals surface area (Å²) in [5, 5.41) is 3.25. The van der Waals surface area contributed by atoms with Crippen molar-refractivity contribution in [2.75, 3.05) is 6.61 Å². The quantitative estimate of drug-likeness (QED) is 0.801. The van der Waals surface area contributed by atoms with Gasteiger partial charge in [-0.3, -0.25) is 4.79 Å². The molecule has 4 nitrogen and oxygen atoms in total. The number of halogens is 1. The van der Waals surface area contributed by atoms with Crippen molar-refractivity contribution in [3.63, 3.8) is 0 Å². The molecule has 1 aromatic rings. The van der Waals surface area contributed by atoms with Crippen LogP contribution in [0.25, 0.3) is 0 Å². The van der Waals surface area contributed by atoms with Crippen molar-refractivity contribution in [1.82, 2.24) is 5.32 Å². The molecule has 1 aromatic carbocycles. The van der Waals surface area contributed by atoms with Crippen LogP contribution in [-0.4, -0.2) is 24.1 Å². The summed E-state index contributed by atoms with van der Waals surface area (Å²) < 4.78 is 18.7. The fraction of sp³-hybridized carbons (Fsp3) is 0.533. The van der Waals surface area contributed by atoms with E-state index in [1.807, 2.05) is 6.92 Å². The van der Waals surface area contributed by atoms with Crippen molar-refractivity contribution < 1.29 is 13.9 Å². The molecule has 0 saturated heterocycles. The van der Waals surface area contributed by atoms with Crippen molar-refractivity contribution in [3.05, 3.63) is 29.6 Å². The summed E-state index contributed by atoms with van der Waals surface area (Å²) in [5.74, 6) is -0.216. The van der Waals surface area contributed by atoms with E-state index in [-0.39, 0.29) is 11.7 Å². The molecule has 0 spiro atoms. The molecule has 1 saturated carbocycles. The largest absolute Gasteiger partial charge is 0.493 e. The molecule has 3 N–H and O–H groups in total. The minimum Gasteiger partial charge on any atom is -0.493 e. The normalized spacial score (nSPS) is 17.6. The first kappa shape index (κ1) is 14.8. The van der Waals surface area contributed by atoms with E-state index in [0.717, 1.165) is 18.4 Å². The predicted molar refractivity (Wildman–Crippen MR) is 75.0 cm³/mol. The van der Waals surface area contributed by atoms with Crippen LogP contribution in [-0.2, 0) is 4.79 Å². The summed E-state index contributed by atoms with van der Waals surface area (Å²) in [6.07, 6.45) is 2.61. The second-order valence-corrected chi connectivity index (χ2v) is 5.62. The zero-order chi connectivity index (χ0) is 14.8. The number of ether oxygens (including phenoxy) is 1. The Hall–Kier alpha value is -1.62. The van der Waals surface area contributed by atoms with Gasteiger partial charge in [0.15, 0.2) is 0 Å². The van der Waals surface area contributed by atoms with E-state index < -0.39 is 5.54 Å². The first-order valence-electron chi connectivity index (χ1n) is 6.87. The van der Waals surface area contributed by atoms with Crippen LogP contribution in [0, 0.1) is 12.7 Å². The van der Waals surface area contributed by atoms with Gasteiger partial charge in [-0.15, -0.1) is 0 Å². The first-order chi connectivity index (χ1) is 9.40. The van der Waals surface area contributed by atoms with Crippen molar-refractivity contribution >= 4 is 5.91 Å². The Bertz CT molecular complexity index is 503. The molecule has 110 valence electrons. The van der Waals surface area contributed by atoms with Crippen LogP contribution in [0.4, 0.5) is 4.39 Å². The summed E-state index contributed by atoms with van der Waals surface area (Å²) in [7, 11) is 0. The first-order valence-corrected chi connectivity index (χ1v) is 6.87. The lowest BCUT2D eigenvalue weighted by Crippen LogP contribution is -2.54. The third kappa shape index (κ3) is 3.70. The average Bonchev–Trinajstić information content (AvgIpc) is 3.17. The number of hydrogen-bond donors (Lipinski definition) is 2.